The molecule has 28 heavy (non-hydrogen) atoms. The lowest BCUT2D eigenvalue weighted by molar-refractivity contribution is -0.384. The Labute approximate surface area is 172 Å². The summed E-state index contributed by atoms with van der Waals surface area (Å²) in [6, 6.07) is 11.5. The molecule has 6 nitrogen and oxygen atoms in total. The molecule has 1 fully saturated rings. The summed E-state index contributed by atoms with van der Waals surface area (Å²) in [5.41, 5.74) is 1.67. The minimum atomic E-state index is -0.454. The molecule has 0 unspecified atom stereocenters. The van der Waals surface area contributed by atoms with Gasteiger partial charge in [-0.25, -0.2) is 0 Å². The van der Waals surface area contributed by atoms with Gasteiger partial charge in [0.05, 0.1) is 9.62 Å². The van der Waals surface area contributed by atoms with Crippen molar-refractivity contribution >= 4 is 50.8 Å². The maximum atomic E-state index is 11.0. The van der Waals surface area contributed by atoms with Crippen molar-refractivity contribution in [1.82, 2.24) is 9.27 Å². The average molecular weight is 415 g/mol. The van der Waals surface area contributed by atoms with E-state index in [0.29, 0.717) is 0 Å². The van der Waals surface area contributed by atoms with Crippen molar-refractivity contribution in [1.29, 1.82) is 0 Å². The highest BCUT2D eigenvalue weighted by Crippen LogP contribution is 2.30. The predicted octanol–water partition coefficient (Wildman–Crippen LogP) is 4.96. The lowest BCUT2D eigenvalue weighted by Gasteiger charge is -2.34. The molecular weight excluding hydrogens is 396 g/mol. The zero-order chi connectivity index (χ0) is 19.7. The SMILES string of the molecule is Cc1cc([N+](=O)[O-])c(Cl)cc1/C=C/N1CCN(c2nsc3ccccc23)CC1. The van der Waals surface area contributed by atoms with E-state index >= 15 is 0 Å². The van der Waals surface area contributed by atoms with Crippen LogP contribution in [0.1, 0.15) is 11.1 Å². The molecular formula is C20H19ClN4O2S. The van der Waals surface area contributed by atoms with E-state index < -0.39 is 4.92 Å². The van der Waals surface area contributed by atoms with Crippen LogP contribution in [-0.2, 0) is 0 Å². The molecule has 0 spiro atoms. The fourth-order valence-electron chi connectivity index (χ4n) is 3.37. The molecule has 0 aliphatic carbocycles. The second-order valence-corrected chi connectivity index (χ2v) is 7.97. The molecule has 144 valence electrons. The van der Waals surface area contributed by atoms with Crippen LogP contribution in [0.15, 0.2) is 42.6 Å². The smallest absolute Gasteiger partial charge is 0.288 e. The highest BCUT2D eigenvalue weighted by atomic mass is 35.5. The van der Waals surface area contributed by atoms with E-state index in [2.05, 4.69) is 32.4 Å². The summed E-state index contributed by atoms with van der Waals surface area (Å²) in [6.07, 6.45) is 4.01. The van der Waals surface area contributed by atoms with Gasteiger partial charge in [-0.1, -0.05) is 23.7 Å². The first-order valence-corrected chi connectivity index (χ1v) is 10.1. The van der Waals surface area contributed by atoms with Gasteiger partial charge in [0.1, 0.15) is 10.8 Å². The molecule has 0 radical (unpaired) electrons. The van der Waals surface area contributed by atoms with Crippen LogP contribution in [0, 0.1) is 17.0 Å². The van der Waals surface area contributed by atoms with E-state index in [1.807, 2.05) is 25.3 Å². The zero-order valence-corrected chi connectivity index (χ0v) is 16.9. The molecule has 0 amide bonds. The molecule has 3 aromatic rings. The van der Waals surface area contributed by atoms with E-state index in [0.717, 1.165) is 43.1 Å². The van der Waals surface area contributed by atoms with Gasteiger partial charge in [-0.05, 0) is 60.1 Å². The Bertz CT molecular complexity index is 1060. The quantitative estimate of drug-likeness (QED) is 0.446. The molecule has 1 aliphatic heterocycles. The number of rotatable bonds is 4. The number of aromatic nitrogens is 1. The van der Waals surface area contributed by atoms with Gasteiger partial charge in [0.2, 0.25) is 0 Å². The first-order valence-electron chi connectivity index (χ1n) is 8.99. The first-order chi connectivity index (χ1) is 13.5. The highest BCUT2D eigenvalue weighted by molar-refractivity contribution is 7.13. The van der Waals surface area contributed by atoms with Gasteiger partial charge in [0.25, 0.3) is 5.69 Å². The number of benzene rings is 2. The minimum Gasteiger partial charge on any atom is -0.374 e. The van der Waals surface area contributed by atoms with Crippen LogP contribution < -0.4 is 4.90 Å². The molecule has 1 aromatic heterocycles. The Morgan fingerprint density at radius 1 is 1.21 bits per heavy atom. The molecule has 0 bridgehead atoms. The third-order valence-corrected chi connectivity index (χ3v) is 6.09. The lowest BCUT2D eigenvalue weighted by atomic mass is 10.1. The van der Waals surface area contributed by atoms with Gasteiger partial charge in [-0.15, -0.1) is 0 Å². The largest absolute Gasteiger partial charge is 0.374 e. The van der Waals surface area contributed by atoms with Crippen molar-refractivity contribution in [2.45, 2.75) is 6.92 Å². The van der Waals surface area contributed by atoms with Crippen LogP contribution in [0.25, 0.3) is 16.2 Å². The number of halogens is 1. The van der Waals surface area contributed by atoms with Crippen molar-refractivity contribution in [2.75, 3.05) is 31.1 Å². The molecule has 2 heterocycles. The zero-order valence-electron chi connectivity index (χ0n) is 15.3. The number of hydrogen-bond acceptors (Lipinski definition) is 6. The van der Waals surface area contributed by atoms with Crippen LogP contribution in [0.4, 0.5) is 11.5 Å². The summed E-state index contributed by atoms with van der Waals surface area (Å²) in [4.78, 5) is 15.1. The molecule has 4 rings (SSSR count). The van der Waals surface area contributed by atoms with Crippen molar-refractivity contribution in [3.63, 3.8) is 0 Å². The number of piperazine rings is 1. The Morgan fingerprint density at radius 2 is 1.96 bits per heavy atom. The van der Waals surface area contributed by atoms with Crippen molar-refractivity contribution in [2.24, 2.45) is 0 Å². The topological polar surface area (TPSA) is 62.5 Å². The van der Waals surface area contributed by atoms with Crippen LogP contribution in [-0.4, -0.2) is 40.4 Å². The number of nitro benzene ring substituents is 1. The normalized spacial score (nSPS) is 14.9. The summed E-state index contributed by atoms with van der Waals surface area (Å²) in [5.74, 6) is 1.07. The van der Waals surface area contributed by atoms with E-state index in [9.17, 15) is 10.1 Å². The number of nitrogens with zero attached hydrogens (tertiary/aromatic N) is 4. The van der Waals surface area contributed by atoms with Crippen molar-refractivity contribution < 1.29 is 4.92 Å². The Kier molecular flexibility index (Phi) is 5.19. The van der Waals surface area contributed by atoms with Crippen molar-refractivity contribution in [3.05, 3.63) is 68.9 Å². The predicted molar refractivity (Wildman–Crippen MR) is 115 cm³/mol. The van der Waals surface area contributed by atoms with Gasteiger partial charge in [0, 0.05) is 37.6 Å². The summed E-state index contributed by atoms with van der Waals surface area (Å²) in [7, 11) is 0. The van der Waals surface area contributed by atoms with E-state index in [1.54, 1.807) is 17.6 Å². The second kappa shape index (κ2) is 7.77. The minimum absolute atomic E-state index is 0.0552. The van der Waals surface area contributed by atoms with Gasteiger partial charge < -0.3 is 9.80 Å². The molecule has 1 aliphatic rings. The maximum absolute atomic E-state index is 11.0. The number of nitro groups is 1. The lowest BCUT2D eigenvalue weighted by Crippen LogP contribution is -2.44. The Hall–Kier alpha value is -2.64. The number of anilines is 1. The first kappa shape index (κ1) is 18.7. The molecule has 8 heteroatoms. The number of hydrogen-bond donors (Lipinski definition) is 0. The molecule has 0 saturated carbocycles. The Balaban J connectivity index is 1.43. The van der Waals surface area contributed by atoms with Crippen LogP contribution in [0.5, 0.6) is 0 Å². The van der Waals surface area contributed by atoms with E-state index in [-0.39, 0.29) is 10.7 Å². The third-order valence-electron chi connectivity index (χ3n) is 4.97. The Morgan fingerprint density at radius 3 is 2.71 bits per heavy atom. The summed E-state index contributed by atoms with van der Waals surface area (Å²) in [5, 5.41) is 12.4. The third kappa shape index (κ3) is 3.68. The molecule has 0 N–H and O–H groups in total. The average Bonchev–Trinajstić information content (AvgIpc) is 3.12. The van der Waals surface area contributed by atoms with Gasteiger partial charge >= 0.3 is 0 Å². The summed E-state index contributed by atoms with van der Waals surface area (Å²) < 4.78 is 5.86. The second-order valence-electron chi connectivity index (χ2n) is 6.76. The van der Waals surface area contributed by atoms with Gasteiger partial charge in [-0.2, -0.15) is 4.37 Å². The summed E-state index contributed by atoms with van der Waals surface area (Å²) >= 11 is 7.58. The van der Waals surface area contributed by atoms with E-state index in [4.69, 9.17) is 11.6 Å². The maximum Gasteiger partial charge on any atom is 0.288 e. The fourth-order valence-corrected chi connectivity index (χ4v) is 4.41. The molecule has 1 saturated heterocycles. The van der Waals surface area contributed by atoms with E-state index in [1.165, 1.54) is 16.2 Å². The summed E-state index contributed by atoms with van der Waals surface area (Å²) in [6.45, 7) is 5.44. The van der Waals surface area contributed by atoms with Gasteiger partial charge in [-0.3, -0.25) is 10.1 Å². The van der Waals surface area contributed by atoms with Crippen LogP contribution in [0.2, 0.25) is 5.02 Å². The molecule has 2 aromatic carbocycles. The fraction of sp³-hybridized carbons (Fsp3) is 0.250. The standard InChI is InChI=1S/C20H19ClN4O2S/c1-14-12-18(25(26)27)17(21)13-15(14)6-7-23-8-10-24(11-9-23)20-16-4-2-3-5-19(16)28-22-20/h2-7,12-13H,8-11H2,1H3/b7-6+. The van der Waals surface area contributed by atoms with Gasteiger partial charge in [0.15, 0.2) is 0 Å². The number of aryl methyl sites for hydroxylation is 1. The number of fused-ring (bicyclic) bond motifs is 1. The van der Waals surface area contributed by atoms with Crippen LogP contribution >= 0.6 is 23.1 Å². The highest BCUT2D eigenvalue weighted by Gasteiger charge is 2.19. The van der Waals surface area contributed by atoms with Crippen molar-refractivity contribution in [3.8, 4) is 0 Å². The monoisotopic (exact) mass is 414 g/mol. The van der Waals surface area contributed by atoms with Crippen LogP contribution in [0.3, 0.4) is 0 Å². The molecule has 0 atom stereocenters.